The number of aliphatic hydroxyl groups excluding tert-OH is 1. The molecule has 0 aliphatic carbocycles. The van der Waals surface area contributed by atoms with Crippen LogP contribution in [0.2, 0.25) is 0 Å². The number of aliphatic hydroxyl groups is 1. The number of amides is 1. The van der Waals surface area contributed by atoms with Gasteiger partial charge in [0, 0.05) is 11.6 Å². The smallest absolute Gasteiger partial charge is 0.407 e. The van der Waals surface area contributed by atoms with Gasteiger partial charge in [0.1, 0.15) is 18.0 Å². The van der Waals surface area contributed by atoms with Crippen molar-refractivity contribution in [3.63, 3.8) is 0 Å². The summed E-state index contributed by atoms with van der Waals surface area (Å²) in [5.74, 6) is -0.523. The molecule has 18 heavy (non-hydrogen) atoms. The van der Waals surface area contributed by atoms with Crippen molar-refractivity contribution in [2.45, 2.75) is 39.0 Å². The third-order valence-electron chi connectivity index (χ3n) is 2.37. The molecule has 0 heterocycles. The molecular formula is C13H18FNO3. The Kier molecular flexibility index (Phi) is 5.09. The van der Waals surface area contributed by atoms with E-state index in [0.29, 0.717) is 0 Å². The molecule has 0 spiro atoms. The fourth-order valence-corrected chi connectivity index (χ4v) is 1.47. The number of alkyl carbamates (subject to hydrolysis) is 1. The molecule has 1 amide bonds. The monoisotopic (exact) mass is 255 g/mol. The van der Waals surface area contributed by atoms with Crippen LogP contribution in [0.5, 0.6) is 0 Å². The SMILES string of the molecule is CC(C)NC(=O)OC(C)C(O)c1ccccc1F. The Balaban J connectivity index is 2.64. The highest BCUT2D eigenvalue weighted by molar-refractivity contribution is 5.67. The number of carbonyl (C=O) groups excluding carboxylic acids is 1. The summed E-state index contributed by atoms with van der Waals surface area (Å²) in [6.45, 7) is 5.09. The molecule has 0 saturated heterocycles. The molecule has 0 fully saturated rings. The van der Waals surface area contributed by atoms with Gasteiger partial charge in [-0.3, -0.25) is 0 Å². The maximum absolute atomic E-state index is 13.4. The highest BCUT2D eigenvalue weighted by Gasteiger charge is 2.22. The predicted molar refractivity (Wildman–Crippen MR) is 65.6 cm³/mol. The maximum Gasteiger partial charge on any atom is 0.407 e. The van der Waals surface area contributed by atoms with Crippen LogP contribution in [0.4, 0.5) is 9.18 Å². The van der Waals surface area contributed by atoms with Crippen LogP contribution >= 0.6 is 0 Å². The summed E-state index contributed by atoms with van der Waals surface area (Å²) in [6.07, 6.45) is -2.65. The zero-order valence-electron chi connectivity index (χ0n) is 10.7. The second-order valence-electron chi connectivity index (χ2n) is 4.38. The van der Waals surface area contributed by atoms with Gasteiger partial charge < -0.3 is 15.2 Å². The van der Waals surface area contributed by atoms with Crippen LogP contribution in [0.1, 0.15) is 32.4 Å². The molecule has 100 valence electrons. The molecule has 0 aromatic heterocycles. The first-order valence-electron chi connectivity index (χ1n) is 5.81. The Morgan fingerprint density at radius 3 is 2.50 bits per heavy atom. The quantitative estimate of drug-likeness (QED) is 0.868. The third-order valence-corrected chi connectivity index (χ3v) is 2.37. The molecule has 0 bridgehead atoms. The van der Waals surface area contributed by atoms with E-state index in [1.807, 2.05) is 0 Å². The van der Waals surface area contributed by atoms with Gasteiger partial charge in [-0.2, -0.15) is 0 Å². The number of benzene rings is 1. The number of rotatable bonds is 4. The van der Waals surface area contributed by atoms with Crippen molar-refractivity contribution in [1.82, 2.24) is 5.32 Å². The Hall–Kier alpha value is -1.62. The number of hydrogen-bond acceptors (Lipinski definition) is 3. The Morgan fingerprint density at radius 2 is 1.94 bits per heavy atom. The minimum Gasteiger partial charge on any atom is -0.443 e. The number of carbonyl (C=O) groups is 1. The Bertz CT molecular complexity index is 409. The Labute approximate surface area is 106 Å². The van der Waals surface area contributed by atoms with Gasteiger partial charge in [0.05, 0.1) is 0 Å². The van der Waals surface area contributed by atoms with E-state index in [4.69, 9.17) is 4.74 Å². The molecule has 5 heteroatoms. The van der Waals surface area contributed by atoms with E-state index in [1.165, 1.54) is 25.1 Å². The van der Waals surface area contributed by atoms with Crippen LogP contribution < -0.4 is 5.32 Å². The lowest BCUT2D eigenvalue weighted by molar-refractivity contribution is 0.00945. The first kappa shape index (κ1) is 14.4. The van der Waals surface area contributed by atoms with Crippen molar-refractivity contribution >= 4 is 6.09 Å². The van der Waals surface area contributed by atoms with Crippen molar-refractivity contribution < 1.29 is 19.0 Å². The van der Waals surface area contributed by atoms with Crippen LogP contribution in [-0.2, 0) is 4.74 Å². The molecule has 1 rings (SSSR count). The highest BCUT2D eigenvalue weighted by atomic mass is 19.1. The van der Waals surface area contributed by atoms with Gasteiger partial charge in [-0.1, -0.05) is 18.2 Å². The van der Waals surface area contributed by atoms with Gasteiger partial charge in [-0.25, -0.2) is 9.18 Å². The zero-order valence-corrected chi connectivity index (χ0v) is 10.7. The summed E-state index contributed by atoms with van der Waals surface area (Å²) < 4.78 is 18.4. The predicted octanol–water partition coefficient (Wildman–Crippen LogP) is 2.38. The van der Waals surface area contributed by atoms with Gasteiger partial charge in [-0.05, 0) is 26.8 Å². The number of ether oxygens (including phenoxy) is 1. The molecule has 0 saturated carbocycles. The van der Waals surface area contributed by atoms with E-state index < -0.39 is 24.1 Å². The molecular weight excluding hydrogens is 237 g/mol. The van der Waals surface area contributed by atoms with Crippen LogP contribution in [-0.4, -0.2) is 23.3 Å². The average Bonchev–Trinajstić information content (AvgIpc) is 2.27. The van der Waals surface area contributed by atoms with Crippen LogP contribution in [0, 0.1) is 5.82 Å². The lowest BCUT2D eigenvalue weighted by Gasteiger charge is -2.21. The van der Waals surface area contributed by atoms with Crippen molar-refractivity contribution in [1.29, 1.82) is 0 Å². The second-order valence-corrected chi connectivity index (χ2v) is 4.38. The molecule has 1 aromatic rings. The van der Waals surface area contributed by atoms with Crippen LogP contribution in [0.3, 0.4) is 0 Å². The van der Waals surface area contributed by atoms with E-state index in [9.17, 15) is 14.3 Å². The van der Waals surface area contributed by atoms with E-state index >= 15 is 0 Å². The molecule has 0 aliphatic heterocycles. The molecule has 0 radical (unpaired) electrons. The molecule has 1 aromatic carbocycles. The first-order valence-corrected chi connectivity index (χ1v) is 5.81. The standard InChI is InChI=1S/C13H18FNO3/c1-8(2)15-13(17)18-9(3)12(16)10-6-4-5-7-11(10)14/h4-9,12,16H,1-3H3,(H,15,17). The van der Waals surface area contributed by atoms with Crippen LogP contribution in [0.25, 0.3) is 0 Å². The molecule has 2 unspecified atom stereocenters. The van der Waals surface area contributed by atoms with Gasteiger partial charge in [0.15, 0.2) is 0 Å². The van der Waals surface area contributed by atoms with Gasteiger partial charge in [-0.15, -0.1) is 0 Å². The first-order chi connectivity index (χ1) is 8.41. The summed E-state index contributed by atoms with van der Waals surface area (Å²) in [7, 11) is 0. The van der Waals surface area contributed by atoms with E-state index in [2.05, 4.69) is 5.32 Å². The zero-order chi connectivity index (χ0) is 13.7. The second kappa shape index (κ2) is 6.35. The number of nitrogens with one attached hydrogen (secondary N) is 1. The summed E-state index contributed by atoms with van der Waals surface area (Å²) in [4.78, 5) is 11.3. The Morgan fingerprint density at radius 1 is 1.33 bits per heavy atom. The highest BCUT2D eigenvalue weighted by Crippen LogP contribution is 2.21. The maximum atomic E-state index is 13.4. The van der Waals surface area contributed by atoms with Gasteiger partial charge in [0.25, 0.3) is 0 Å². The van der Waals surface area contributed by atoms with Crippen LogP contribution in [0.15, 0.2) is 24.3 Å². The van der Waals surface area contributed by atoms with E-state index in [0.717, 1.165) is 0 Å². The topological polar surface area (TPSA) is 58.6 Å². The molecule has 4 nitrogen and oxygen atoms in total. The van der Waals surface area contributed by atoms with E-state index in [-0.39, 0.29) is 11.6 Å². The molecule has 0 aliphatic rings. The summed E-state index contributed by atoms with van der Waals surface area (Å²) >= 11 is 0. The number of hydrogen-bond donors (Lipinski definition) is 2. The van der Waals surface area contributed by atoms with Crippen molar-refractivity contribution in [2.75, 3.05) is 0 Å². The summed E-state index contributed by atoms with van der Waals surface area (Å²) in [6, 6.07) is 5.79. The molecule has 2 atom stereocenters. The van der Waals surface area contributed by atoms with Gasteiger partial charge >= 0.3 is 6.09 Å². The lowest BCUT2D eigenvalue weighted by atomic mass is 10.1. The fraction of sp³-hybridized carbons (Fsp3) is 0.462. The minimum atomic E-state index is -1.19. The van der Waals surface area contributed by atoms with Crippen molar-refractivity contribution in [3.05, 3.63) is 35.6 Å². The average molecular weight is 255 g/mol. The number of halogens is 1. The van der Waals surface area contributed by atoms with Gasteiger partial charge in [0.2, 0.25) is 0 Å². The third kappa shape index (κ3) is 4.00. The summed E-state index contributed by atoms with van der Waals surface area (Å²) in [5, 5.41) is 12.4. The fourth-order valence-electron chi connectivity index (χ4n) is 1.47. The minimum absolute atomic E-state index is 0.0599. The normalized spacial score (nSPS) is 14.1. The largest absolute Gasteiger partial charge is 0.443 e. The summed E-state index contributed by atoms with van der Waals surface area (Å²) in [5.41, 5.74) is 0.113. The van der Waals surface area contributed by atoms with E-state index in [1.54, 1.807) is 19.9 Å². The van der Waals surface area contributed by atoms with Crippen molar-refractivity contribution in [3.8, 4) is 0 Å². The van der Waals surface area contributed by atoms with Crippen molar-refractivity contribution in [2.24, 2.45) is 0 Å². The molecule has 2 N–H and O–H groups in total. The lowest BCUT2D eigenvalue weighted by Crippen LogP contribution is -2.34.